The fourth-order valence-electron chi connectivity index (χ4n) is 2.76. The molecule has 1 aromatic carbocycles. The average molecular weight is 379 g/mol. The van der Waals surface area contributed by atoms with Gasteiger partial charge in [-0.2, -0.15) is 0 Å². The predicted octanol–water partition coefficient (Wildman–Crippen LogP) is 3.94. The molecule has 1 aromatic heterocycles. The van der Waals surface area contributed by atoms with Gasteiger partial charge in [-0.1, -0.05) is 23.7 Å². The van der Waals surface area contributed by atoms with Crippen LogP contribution in [0.2, 0.25) is 5.02 Å². The first-order valence-electron chi connectivity index (χ1n) is 8.19. The smallest absolute Gasteiger partial charge is 0.351 e. The molecule has 2 aromatic rings. The fourth-order valence-corrected chi connectivity index (χ4v) is 3.84. The molecule has 0 aliphatic carbocycles. The van der Waals surface area contributed by atoms with Gasteiger partial charge in [0.15, 0.2) is 6.10 Å². The largest absolute Gasteiger partial charge is 0.448 e. The molecule has 1 aliphatic rings. The zero-order chi connectivity index (χ0) is 18.0. The highest BCUT2D eigenvalue weighted by Gasteiger charge is 2.27. The molecule has 1 amide bonds. The summed E-state index contributed by atoms with van der Waals surface area (Å²) in [5.74, 6) is -0.638. The Labute approximate surface area is 155 Å². The van der Waals surface area contributed by atoms with E-state index >= 15 is 0 Å². The van der Waals surface area contributed by atoms with Crippen molar-refractivity contribution >= 4 is 34.8 Å². The number of carbonyl (C=O) groups is 2. The molecule has 1 aliphatic heterocycles. The Kier molecular flexibility index (Phi) is 5.39. The highest BCUT2D eigenvalue weighted by molar-refractivity contribution is 7.17. The van der Waals surface area contributed by atoms with E-state index in [0.29, 0.717) is 15.6 Å². The Morgan fingerprint density at radius 1 is 1.24 bits per heavy atom. The number of amides is 1. The first-order valence-corrected chi connectivity index (χ1v) is 9.38. The zero-order valence-electron chi connectivity index (χ0n) is 14.1. The van der Waals surface area contributed by atoms with Gasteiger partial charge < -0.3 is 9.64 Å². The van der Waals surface area contributed by atoms with Crippen molar-refractivity contribution in [2.24, 2.45) is 0 Å². The Morgan fingerprint density at radius 3 is 2.52 bits per heavy atom. The van der Waals surface area contributed by atoms with Gasteiger partial charge in [-0.05, 0) is 38.8 Å². The quantitative estimate of drug-likeness (QED) is 0.756. The van der Waals surface area contributed by atoms with Crippen LogP contribution in [0.25, 0.3) is 10.6 Å². The molecule has 2 heterocycles. The Hall–Kier alpha value is -1.92. The van der Waals surface area contributed by atoms with Crippen molar-refractivity contribution in [1.82, 2.24) is 9.88 Å². The van der Waals surface area contributed by atoms with E-state index in [1.807, 2.05) is 12.1 Å². The molecule has 1 unspecified atom stereocenters. The number of carbonyl (C=O) groups excluding carboxylic acids is 2. The van der Waals surface area contributed by atoms with Crippen LogP contribution in [0.15, 0.2) is 24.3 Å². The van der Waals surface area contributed by atoms with Gasteiger partial charge in [0.2, 0.25) is 0 Å². The normalized spacial score (nSPS) is 15.2. The molecule has 0 bridgehead atoms. The Balaban J connectivity index is 1.71. The van der Waals surface area contributed by atoms with Crippen molar-refractivity contribution in [3.8, 4) is 10.6 Å². The molecule has 132 valence electrons. The summed E-state index contributed by atoms with van der Waals surface area (Å²) in [5.41, 5.74) is 1.48. The zero-order valence-corrected chi connectivity index (χ0v) is 15.7. The van der Waals surface area contributed by atoms with Gasteiger partial charge in [-0.25, -0.2) is 9.78 Å². The molecule has 0 N–H and O–H groups in total. The Bertz CT molecular complexity index is 782. The van der Waals surface area contributed by atoms with Crippen LogP contribution < -0.4 is 0 Å². The molecule has 0 spiro atoms. The highest BCUT2D eigenvalue weighted by atomic mass is 35.5. The number of nitrogens with zero attached hydrogens (tertiary/aromatic N) is 2. The summed E-state index contributed by atoms with van der Waals surface area (Å²) >= 11 is 7.16. The van der Waals surface area contributed by atoms with Crippen LogP contribution in [-0.4, -0.2) is 41.0 Å². The molecular weight excluding hydrogens is 360 g/mol. The van der Waals surface area contributed by atoms with Crippen LogP contribution in [-0.2, 0) is 9.53 Å². The van der Waals surface area contributed by atoms with Crippen LogP contribution in [0.5, 0.6) is 0 Å². The standard InChI is InChI=1S/C18H19ClN2O3S/c1-11-15(25-16(20-11)13-5-7-14(19)8-6-13)18(23)24-12(2)17(22)21-9-3-4-10-21/h5-8,12H,3-4,9-10H2,1-2H3. The van der Waals surface area contributed by atoms with Gasteiger partial charge in [-0.3, -0.25) is 4.79 Å². The van der Waals surface area contributed by atoms with Crippen LogP contribution in [0.1, 0.15) is 35.1 Å². The number of likely N-dealkylation sites (tertiary alicyclic amines) is 1. The molecular formula is C18H19ClN2O3S. The first-order chi connectivity index (χ1) is 12.0. The third kappa shape index (κ3) is 4.02. The number of aryl methyl sites for hydroxylation is 1. The minimum atomic E-state index is -0.786. The minimum absolute atomic E-state index is 0.133. The maximum absolute atomic E-state index is 12.5. The molecule has 0 saturated carbocycles. The van der Waals surface area contributed by atoms with E-state index < -0.39 is 12.1 Å². The van der Waals surface area contributed by atoms with Crippen molar-refractivity contribution in [2.45, 2.75) is 32.8 Å². The summed E-state index contributed by atoms with van der Waals surface area (Å²) in [7, 11) is 0. The molecule has 3 rings (SSSR count). The van der Waals surface area contributed by atoms with E-state index in [4.69, 9.17) is 16.3 Å². The van der Waals surface area contributed by atoms with E-state index in [0.717, 1.165) is 36.5 Å². The number of halogens is 1. The summed E-state index contributed by atoms with van der Waals surface area (Å²) in [6.07, 6.45) is 1.22. The second-order valence-corrected chi connectivity index (χ2v) is 7.46. The Morgan fingerprint density at radius 2 is 1.88 bits per heavy atom. The van der Waals surface area contributed by atoms with Gasteiger partial charge in [0.25, 0.3) is 5.91 Å². The second kappa shape index (κ2) is 7.54. The lowest BCUT2D eigenvalue weighted by Gasteiger charge is -2.20. The summed E-state index contributed by atoms with van der Waals surface area (Å²) in [4.78, 5) is 31.3. The maximum atomic E-state index is 12.5. The number of benzene rings is 1. The lowest BCUT2D eigenvalue weighted by Crippen LogP contribution is -2.38. The van der Waals surface area contributed by atoms with Crippen LogP contribution in [0, 0.1) is 6.92 Å². The predicted molar refractivity (Wildman–Crippen MR) is 98.0 cm³/mol. The van der Waals surface area contributed by atoms with Crippen molar-refractivity contribution < 1.29 is 14.3 Å². The van der Waals surface area contributed by atoms with Crippen LogP contribution in [0.3, 0.4) is 0 Å². The van der Waals surface area contributed by atoms with Crippen LogP contribution in [0.4, 0.5) is 0 Å². The first kappa shape index (κ1) is 17.9. The molecule has 1 atom stereocenters. The van der Waals surface area contributed by atoms with Crippen LogP contribution >= 0.6 is 22.9 Å². The van der Waals surface area contributed by atoms with Gasteiger partial charge in [0.1, 0.15) is 9.88 Å². The molecule has 0 radical (unpaired) electrons. The SMILES string of the molecule is Cc1nc(-c2ccc(Cl)cc2)sc1C(=O)OC(C)C(=O)N1CCCC1. The number of hydrogen-bond acceptors (Lipinski definition) is 5. The second-order valence-electron chi connectivity index (χ2n) is 6.02. The summed E-state index contributed by atoms with van der Waals surface area (Å²) in [6.45, 7) is 4.86. The molecule has 1 fully saturated rings. The molecule has 5 nitrogen and oxygen atoms in total. The van der Waals surface area contributed by atoms with Crippen molar-refractivity contribution in [3.05, 3.63) is 39.9 Å². The van der Waals surface area contributed by atoms with E-state index in [1.54, 1.807) is 30.9 Å². The summed E-state index contributed by atoms with van der Waals surface area (Å²) in [5, 5.41) is 1.37. The lowest BCUT2D eigenvalue weighted by molar-refractivity contribution is -0.138. The number of aromatic nitrogens is 1. The molecule has 1 saturated heterocycles. The topological polar surface area (TPSA) is 59.5 Å². The van der Waals surface area contributed by atoms with E-state index in [1.165, 1.54) is 11.3 Å². The van der Waals surface area contributed by atoms with Crippen molar-refractivity contribution in [2.75, 3.05) is 13.1 Å². The lowest BCUT2D eigenvalue weighted by atomic mass is 10.2. The summed E-state index contributed by atoms with van der Waals surface area (Å²) < 4.78 is 5.38. The number of rotatable bonds is 4. The van der Waals surface area contributed by atoms with Crippen molar-refractivity contribution in [1.29, 1.82) is 0 Å². The van der Waals surface area contributed by atoms with Gasteiger partial charge in [0.05, 0.1) is 5.69 Å². The van der Waals surface area contributed by atoms with E-state index in [-0.39, 0.29) is 5.91 Å². The van der Waals surface area contributed by atoms with Crippen molar-refractivity contribution in [3.63, 3.8) is 0 Å². The number of esters is 1. The number of ether oxygens (including phenoxy) is 1. The van der Waals surface area contributed by atoms with E-state index in [9.17, 15) is 9.59 Å². The summed E-state index contributed by atoms with van der Waals surface area (Å²) in [6, 6.07) is 7.27. The number of thiazole rings is 1. The monoisotopic (exact) mass is 378 g/mol. The van der Waals surface area contributed by atoms with E-state index in [2.05, 4.69) is 4.98 Å². The maximum Gasteiger partial charge on any atom is 0.351 e. The highest BCUT2D eigenvalue weighted by Crippen LogP contribution is 2.29. The number of hydrogen-bond donors (Lipinski definition) is 0. The van der Waals surface area contributed by atoms with Gasteiger partial charge in [0, 0.05) is 23.7 Å². The minimum Gasteiger partial charge on any atom is -0.448 e. The third-order valence-corrected chi connectivity index (χ3v) is 5.56. The molecule has 7 heteroatoms. The third-order valence-electron chi connectivity index (χ3n) is 4.12. The van der Waals surface area contributed by atoms with Gasteiger partial charge >= 0.3 is 5.97 Å². The fraction of sp³-hybridized carbons (Fsp3) is 0.389. The van der Waals surface area contributed by atoms with Gasteiger partial charge in [-0.15, -0.1) is 11.3 Å². The average Bonchev–Trinajstić information content (AvgIpc) is 3.24. The molecule has 25 heavy (non-hydrogen) atoms.